The molecule has 4 rings (SSSR count). The third-order valence-corrected chi connectivity index (χ3v) is 6.90. The maximum atomic E-state index is 13.4. The van der Waals surface area contributed by atoms with Gasteiger partial charge in [-0.25, -0.2) is 4.98 Å². The molecular formula is C30H38ClN3O3. The Morgan fingerprint density at radius 2 is 1.68 bits per heavy atom. The Hall–Kier alpha value is -2.67. The normalized spacial score (nSPS) is 16.9. The summed E-state index contributed by atoms with van der Waals surface area (Å²) >= 11 is 6.18. The van der Waals surface area contributed by atoms with E-state index in [0.29, 0.717) is 26.3 Å². The summed E-state index contributed by atoms with van der Waals surface area (Å²) in [5.74, 6) is 0.0413. The summed E-state index contributed by atoms with van der Waals surface area (Å²) in [6.07, 6.45) is 2.09. The number of halogens is 1. The summed E-state index contributed by atoms with van der Waals surface area (Å²) < 4.78 is 14.0. The van der Waals surface area contributed by atoms with E-state index in [1.165, 1.54) is 5.56 Å². The van der Waals surface area contributed by atoms with Gasteiger partial charge in [0.2, 0.25) is 5.91 Å². The van der Waals surface area contributed by atoms with Gasteiger partial charge in [-0.2, -0.15) is 0 Å². The van der Waals surface area contributed by atoms with E-state index < -0.39 is 5.79 Å². The summed E-state index contributed by atoms with van der Waals surface area (Å²) in [6.45, 7) is 12.4. The molecule has 0 N–H and O–H groups in total. The van der Waals surface area contributed by atoms with Crippen molar-refractivity contribution in [1.82, 2.24) is 14.5 Å². The fourth-order valence-electron chi connectivity index (χ4n) is 4.84. The fraction of sp³-hybridized carbons (Fsp3) is 0.467. The standard InChI is InChI=1S/C30H38ClN3O3/c1-29(2,3)27(34(26(35)16-31)18-23-20-36-30(4,5)37-21-23)28-32-25(24-14-10-7-11-15-24)19-33(28)17-22-12-8-6-9-13-22/h6-15,19,23,27H,16-18,20-21H2,1-5H3/t27-/m0/s1. The molecule has 37 heavy (non-hydrogen) atoms. The smallest absolute Gasteiger partial charge is 0.238 e. The highest BCUT2D eigenvalue weighted by Crippen LogP contribution is 2.40. The lowest BCUT2D eigenvalue weighted by molar-refractivity contribution is -0.263. The Kier molecular flexibility index (Phi) is 8.42. The molecule has 1 amide bonds. The molecule has 1 atom stereocenters. The van der Waals surface area contributed by atoms with Crippen molar-refractivity contribution in [2.24, 2.45) is 11.3 Å². The molecule has 0 bridgehead atoms. The van der Waals surface area contributed by atoms with Crippen molar-refractivity contribution in [1.29, 1.82) is 0 Å². The second-order valence-corrected chi connectivity index (χ2v) is 11.6. The highest BCUT2D eigenvalue weighted by Gasteiger charge is 2.40. The van der Waals surface area contributed by atoms with E-state index >= 15 is 0 Å². The molecular weight excluding hydrogens is 486 g/mol. The Balaban J connectivity index is 1.77. The zero-order valence-corrected chi connectivity index (χ0v) is 23.2. The number of nitrogens with zero attached hydrogens (tertiary/aromatic N) is 3. The number of rotatable bonds is 8. The van der Waals surface area contributed by atoms with Crippen molar-refractivity contribution in [3.05, 3.63) is 78.2 Å². The molecule has 3 aromatic rings. The van der Waals surface area contributed by atoms with Crippen LogP contribution in [0.3, 0.4) is 0 Å². The first kappa shape index (κ1) is 27.4. The molecule has 1 saturated heterocycles. The average molecular weight is 524 g/mol. The molecule has 198 valence electrons. The van der Waals surface area contributed by atoms with Gasteiger partial charge < -0.3 is 18.9 Å². The van der Waals surface area contributed by atoms with Gasteiger partial charge in [-0.3, -0.25) is 4.79 Å². The summed E-state index contributed by atoms with van der Waals surface area (Å²) in [5.41, 5.74) is 2.77. The van der Waals surface area contributed by atoms with Gasteiger partial charge in [0, 0.05) is 30.8 Å². The highest BCUT2D eigenvalue weighted by molar-refractivity contribution is 6.27. The van der Waals surface area contributed by atoms with Crippen LogP contribution in [0, 0.1) is 11.3 Å². The first-order valence-electron chi connectivity index (χ1n) is 12.9. The molecule has 6 nitrogen and oxygen atoms in total. The van der Waals surface area contributed by atoms with Crippen LogP contribution in [-0.4, -0.2) is 51.8 Å². The number of alkyl halides is 1. The highest BCUT2D eigenvalue weighted by atomic mass is 35.5. The minimum absolute atomic E-state index is 0.0381. The van der Waals surface area contributed by atoms with Crippen LogP contribution in [0.25, 0.3) is 11.3 Å². The molecule has 0 aliphatic carbocycles. The predicted octanol–water partition coefficient (Wildman–Crippen LogP) is 6.15. The van der Waals surface area contributed by atoms with Gasteiger partial charge in [0.25, 0.3) is 0 Å². The number of benzene rings is 2. The van der Waals surface area contributed by atoms with Gasteiger partial charge in [-0.15, -0.1) is 11.6 Å². The van der Waals surface area contributed by atoms with Crippen LogP contribution < -0.4 is 0 Å². The van der Waals surface area contributed by atoms with Crippen molar-refractivity contribution in [2.75, 3.05) is 25.6 Å². The number of amides is 1. The monoisotopic (exact) mass is 523 g/mol. The molecule has 2 heterocycles. The van der Waals surface area contributed by atoms with E-state index in [4.69, 9.17) is 26.1 Å². The van der Waals surface area contributed by atoms with Crippen molar-refractivity contribution in [2.45, 2.75) is 53.0 Å². The van der Waals surface area contributed by atoms with Crippen molar-refractivity contribution >= 4 is 17.5 Å². The van der Waals surface area contributed by atoms with Crippen LogP contribution in [0.1, 0.15) is 52.0 Å². The van der Waals surface area contributed by atoms with E-state index in [1.54, 1.807) is 0 Å². The molecule has 7 heteroatoms. The lowest BCUT2D eigenvalue weighted by Gasteiger charge is -2.43. The molecule has 2 aromatic carbocycles. The lowest BCUT2D eigenvalue weighted by Crippen LogP contribution is -2.49. The molecule has 0 radical (unpaired) electrons. The summed E-state index contributed by atoms with van der Waals surface area (Å²) in [6, 6.07) is 20.2. The maximum absolute atomic E-state index is 13.4. The molecule has 0 spiro atoms. The van der Waals surface area contributed by atoms with Crippen molar-refractivity contribution in [3.8, 4) is 11.3 Å². The first-order chi connectivity index (χ1) is 17.6. The fourth-order valence-corrected chi connectivity index (χ4v) is 4.99. The van der Waals surface area contributed by atoms with E-state index in [1.807, 2.05) is 55.1 Å². The predicted molar refractivity (Wildman–Crippen MR) is 147 cm³/mol. The van der Waals surface area contributed by atoms with Crippen LogP contribution >= 0.6 is 11.6 Å². The van der Waals surface area contributed by atoms with Crippen LogP contribution in [0.2, 0.25) is 0 Å². The third-order valence-electron chi connectivity index (χ3n) is 6.67. The summed E-state index contributed by atoms with van der Waals surface area (Å²) in [7, 11) is 0. The lowest BCUT2D eigenvalue weighted by atomic mass is 9.84. The molecule has 1 aliphatic heterocycles. The SMILES string of the molecule is CC1(C)OCC(CN(C(=O)CCl)[C@@H](c2nc(-c3ccccc3)cn2Cc2ccccc2)C(C)(C)C)CO1. The number of carbonyl (C=O) groups is 1. The number of aromatic nitrogens is 2. The van der Waals surface area contributed by atoms with E-state index in [0.717, 1.165) is 17.1 Å². The minimum atomic E-state index is -0.613. The molecule has 0 saturated carbocycles. The van der Waals surface area contributed by atoms with Gasteiger partial charge in [0.05, 0.1) is 24.9 Å². The van der Waals surface area contributed by atoms with E-state index in [9.17, 15) is 4.79 Å². The van der Waals surface area contributed by atoms with Crippen molar-refractivity contribution < 1.29 is 14.3 Å². The quantitative estimate of drug-likeness (QED) is 0.332. The zero-order chi connectivity index (χ0) is 26.6. The van der Waals surface area contributed by atoms with E-state index in [-0.39, 0.29) is 29.2 Å². The second-order valence-electron chi connectivity index (χ2n) is 11.3. The van der Waals surface area contributed by atoms with Crippen molar-refractivity contribution in [3.63, 3.8) is 0 Å². The van der Waals surface area contributed by atoms with Gasteiger partial charge in [-0.05, 0) is 24.8 Å². The Morgan fingerprint density at radius 1 is 1.08 bits per heavy atom. The summed E-state index contributed by atoms with van der Waals surface area (Å²) in [5, 5.41) is 0. The van der Waals surface area contributed by atoms with Crippen LogP contribution in [0.5, 0.6) is 0 Å². The number of carbonyl (C=O) groups excluding carboxylic acids is 1. The van der Waals surface area contributed by atoms with Gasteiger partial charge >= 0.3 is 0 Å². The first-order valence-corrected chi connectivity index (χ1v) is 13.4. The van der Waals surface area contributed by atoms with Crippen LogP contribution in [0.15, 0.2) is 66.9 Å². The topological polar surface area (TPSA) is 56.6 Å². The number of imidazole rings is 1. The second kappa shape index (κ2) is 11.4. The largest absolute Gasteiger partial charge is 0.350 e. The summed E-state index contributed by atoms with van der Waals surface area (Å²) in [4.78, 5) is 20.4. The Morgan fingerprint density at radius 3 is 2.24 bits per heavy atom. The Bertz CT molecular complexity index is 1160. The van der Waals surface area contributed by atoms with Gasteiger partial charge in [0.1, 0.15) is 11.7 Å². The van der Waals surface area contributed by atoms with Crippen LogP contribution in [-0.2, 0) is 20.8 Å². The zero-order valence-electron chi connectivity index (χ0n) is 22.5. The maximum Gasteiger partial charge on any atom is 0.238 e. The third kappa shape index (κ3) is 6.81. The molecule has 1 fully saturated rings. The Labute approximate surface area is 225 Å². The number of hydrogen-bond donors (Lipinski definition) is 0. The number of ether oxygens (including phenoxy) is 2. The van der Waals surface area contributed by atoms with Gasteiger partial charge in [0.15, 0.2) is 5.79 Å². The van der Waals surface area contributed by atoms with Gasteiger partial charge in [-0.1, -0.05) is 81.4 Å². The van der Waals surface area contributed by atoms with E-state index in [2.05, 4.69) is 55.8 Å². The number of hydrogen-bond acceptors (Lipinski definition) is 4. The van der Waals surface area contributed by atoms with Crippen LogP contribution in [0.4, 0.5) is 0 Å². The molecule has 1 aliphatic rings. The minimum Gasteiger partial charge on any atom is -0.350 e. The molecule has 1 aromatic heterocycles. The molecule has 0 unspecified atom stereocenters. The average Bonchev–Trinajstić information content (AvgIpc) is 3.27.